The van der Waals surface area contributed by atoms with Gasteiger partial charge in [-0.2, -0.15) is 0 Å². The van der Waals surface area contributed by atoms with Crippen LogP contribution in [0.1, 0.15) is 11.1 Å². The molecule has 0 aliphatic rings. The fourth-order valence-corrected chi connectivity index (χ4v) is 3.74. The van der Waals surface area contributed by atoms with Crippen molar-refractivity contribution in [2.75, 3.05) is 14.2 Å². The van der Waals surface area contributed by atoms with Crippen LogP contribution >= 0.6 is 31.9 Å². The van der Waals surface area contributed by atoms with Gasteiger partial charge in [-0.1, -0.05) is 31.9 Å². The molecular formula is C16H16Br2O2. The van der Waals surface area contributed by atoms with E-state index < -0.39 is 0 Å². The monoisotopic (exact) mass is 398 g/mol. The summed E-state index contributed by atoms with van der Waals surface area (Å²) in [6.45, 7) is 4.08. The van der Waals surface area contributed by atoms with Crippen LogP contribution in [0.5, 0.6) is 11.5 Å². The van der Waals surface area contributed by atoms with Crippen molar-refractivity contribution in [3.05, 3.63) is 44.3 Å². The maximum atomic E-state index is 5.54. The molecular weight excluding hydrogens is 384 g/mol. The fraction of sp³-hybridized carbons (Fsp3) is 0.250. The minimum atomic E-state index is 0.819. The highest BCUT2D eigenvalue weighted by Gasteiger charge is 2.19. The molecule has 20 heavy (non-hydrogen) atoms. The lowest BCUT2D eigenvalue weighted by molar-refractivity contribution is 0.409. The van der Waals surface area contributed by atoms with Gasteiger partial charge in [0.05, 0.1) is 14.2 Å². The van der Waals surface area contributed by atoms with Crippen LogP contribution in [-0.2, 0) is 0 Å². The Balaban J connectivity index is 2.81. The molecule has 106 valence electrons. The van der Waals surface area contributed by atoms with E-state index in [1.165, 1.54) is 0 Å². The molecule has 0 N–H and O–H groups in total. The lowest BCUT2D eigenvalue weighted by Gasteiger charge is -2.17. The Bertz CT molecular complexity index is 594. The quantitative estimate of drug-likeness (QED) is 0.677. The Kier molecular flexibility index (Phi) is 4.76. The summed E-state index contributed by atoms with van der Waals surface area (Å²) in [5.41, 5.74) is 4.25. The van der Waals surface area contributed by atoms with Gasteiger partial charge in [-0.15, -0.1) is 0 Å². The van der Waals surface area contributed by atoms with Crippen molar-refractivity contribution >= 4 is 31.9 Å². The third-order valence-electron chi connectivity index (χ3n) is 3.09. The highest BCUT2D eigenvalue weighted by molar-refractivity contribution is 9.11. The van der Waals surface area contributed by atoms with Gasteiger partial charge < -0.3 is 9.47 Å². The first-order chi connectivity index (χ1) is 9.47. The van der Waals surface area contributed by atoms with Gasteiger partial charge in [-0.05, 0) is 49.2 Å². The molecule has 2 nitrogen and oxygen atoms in total. The molecule has 4 heteroatoms. The van der Waals surface area contributed by atoms with Gasteiger partial charge in [0.25, 0.3) is 0 Å². The predicted octanol–water partition coefficient (Wildman–Crippen LogP) is 5.51. The zero-order valence-corrected chi connectivity index (χ0v) is 15.1. The average Bonchev–Trinajstić information content (AvgIpc) is 2.38. The second-order valence-electron chi connectivity index (χ2n) is 4.65. The van der Waals surface area contributed by atoms with Gasteiger partial charge in [0.1, 0.15) is 11.5 Å². The third-order valence-corrected chi connectivity index (χ3v) is 4.34. The maximum Gasteiger partial charge on any atom is 0.128 e. The van der Waals surface area contributed by atoms with E-state index in [9.17, 15) is 0 Å². The van der Waals surface area contributed by atoms with Crippen molar-refractivity contribution in [1.82, 2.24) is 0 Å². The second kappa shape index (κ2) is 6.19. The molecule has 0 aliphatic heterocycles. The molecule has 0 fully saturated rings. The average molecular weight is 400 g/mol. The number of halogens is 2. The molecule has 0 bridgehead atoms. The van der Waals surface area contributed by atoms with Crippen LogP contribution in [-0.4, -0.2) is 14.2 Å². The summed E-state index contributed by atoms with van der Waals surface area (Å²) < 4.78 is 13.0. The highest BCUT2D eigenvalue weighted by atomic mass is 79.9. The van der Waals surface area contributed by atoms with Gasteiger partial charge in [-0.3, -0.25) is 0 Å². The smallest absolute Gasteiger partial charge is 0.128 e. The van der Waals surface area contributed by atoms with E-state index in [2.05, 4.69) is 44.0 Å². The predicted molar refractivity (Wildman–Crippen MR) is 89.9 cm³/mol. The summed E-state index contributed by atoms with van der Waals surface area (Å²) in [5, 5.41) is 0. The Morgan fingerprint density at radius 2 is 1.05 bits per heavy atom. The van der Waals surface area contributed by atoms with E-state index in [4.69, 9.17) is 9.47 Å². The first kappa shape index (κ1) is 15.4. The number of ether oxygens (including phenoxy) is 2. The normalized spacial score (nSPS) is 10.5. The summed E-state index contributed by atoms with van der Waals surface area (Å²) in [6, 6.07) is 8.19. The molecule has 2 aromatic carbocycles. The molecule has 0 saturated carbocycles. The SMILES string of the molecule is COc1cc(C)cc(Br)c1-c1c(Br)cc(C)cc1OC. The molecule has 0 aliphatic carbocycles. The van der Waals surface area contributed by atoms with E-state index in [1.54, 1.807) is 14.2 Å². The number of hydrogen-bond acceptors (Lipinski definition) is 2. The number of hydrogen-bond donors (Lipinski definition) is 0. The molecule has 0 aromatic heterocycles. The summed E-state index contributed by atoms with van der Waals surface area (Å²) in [4.78, 5) is 0. The summed E-state index contributed by atoms with van der Waals surface area (Å²) in [5.74, 6) is 1.64. The van der Waals surface area contributed by atoms with E-state index in [-0.39, 0.29) is 0 Å². The highest BCUT2D eigenvalue weighted by Crippen LogP contribution is 2.46. The van der Waals surface area contributed by atoms with E-state index in [0.717, 1.165) is 42.7 Å². The molecule has 0 radical (unpaired) electrons. The van der Waals surface area contributed by atoms with Crippen molar-refractivity contribution in [2.24, 2.45) is 0 Å². The van der Waals surface area contributed by atoms with E-state index in [0.29, 0.717) is 0 Å². The van der Waals surface area contributed by atoms with Crippen LogP contribution in [0.25, 0.3) is 11.1 Å². The number of benzene rings is 2. The van der Waals surface area contributed by atoms with Crippen molar-refractivity contribution < 1.29 is 9.47 Å². The van der Waals surface area contributed by atoms with Crippen LogP contribution in [0.3, 0.4) is 0 Å². The lowest BCUT2D eigenvalue weighted by Crippen LogP contribution is -1.95. The summed E-state index contributed by atoms with van der Waals surface area (Å²) in [7, 11) is 3.36. The van der Waals surface area contributed by atoms with Crippen LogP contribution in [0.4, 0.5) is 0 Å². The van der Waals surface area contributed by atoms with Crippen molar-refractivity contribution in [3.8, 4) is 22.6 Å². The lowest BCUT2D eigenvalue weighted by atomic mass is 10.0. The zero-order valence-electron chi connectivity index (χ0n) is 11.9. The van der Waals surface area contributed by atoms with E-state index >= 15 is 0 Å². The third kappa shape index (κ3) is 2.86. The molecule has 0 amide bonds. The molecule has 0 spiro atoms. The largest absolute Gasteiger partial charge is 0.496 e. The van der Waals surface area contributed by atoms with Crippen LogP contribution in [0.2, 0.25) is 0 Å². The molecule has 0 unspecified atom stereocenters. The van der Waals surface area contributed by atoms with Crippen LogP contribution < -0.4 is 9.47 Å². The molecule has 0 heterocycles. The first-order valence-corrected chi connectivity index (χ1v) is 7.75. The molecule has 2 rings (SSSR count). The number of methoxy groups -OCH3 is 2. The summed E-state index contributed by atoms with van der Waals surface area (Å²) >= 11 is 7.27. The van der Waals surface area contributed by atoms with Gasteiger partial charge in [-0.25, -0.2) is 0 Å². The standard InChI is InChI=1S/C16H16Br2O2/c1-9-5-11(17)15(13(7-9)19-3)16-12(18)6-10(2)8-14(16)20-4/h5-8H,1-4H3. The van der Waals surface area contributed by atoms with Crippen molar-refractivity contribution in [3.63, 3.8) is 0 Å². The Hall–Kier alpha value is -1.00. The fourth-order valence-electron chi connectivity index (χ4n) is 2.23. The van der Waals surface area contributed by atoms with Gasteiger partial charge >= 0.3 is 0 Å². The Morgan fingerprint density at radius 1 is 0.700 bits per heavy atom. The Labute approximate surface area is 136 Å². The molecule has 0 atom stereocenters. The van der Waals surface area contributed by atoms with E-state index in [1.807, 2.05) is 26.0 Å². The van der Waals surface area contributed by atoms with Crippen molar-refractivity contribution in [1.29, 1.82) is 0 Å². The number of aryl methyl sites for hydroxylation is 2. The van der Waals surface area contributed by atoms with Crippen LogP contribution in [0.15, 0.2) is 33.2 Å². The topological polar surface area (TPSA) is 18.5 Å². The maximum absolute atomic E-state index is 5.54. The van der Waals surface area contributed by atoms with Gasteiger partial charge in [0.15, 0.2) is 0 Å². The second-order valence-corrected chi connectivity index (χ2v) is 6.36. The number of rotatable bonds is 3. The minimum absolute atomic E-state index is 0.819. The van der Waals surface area contributed by atoms with Crippen molar-refractivity contribution in [2.45, 2.75) is 13.8 Å². The van der Waals surface area contributed by atoms with Gasteiger partial charge in [0, 0.05) is 20.1 Å². The zero-order chi connectivity index (χ0) is 14.9. The Morgan fingerprint density at radius 3 is 1.35 bits per heavy atom. The molecule has 2 aromatic rings. The molecule has 0 saturated heterocycles. The van der Waals surface area contributed by atoms with Crippen LogP contribution in [0, 0.1) is 13.8 Å². The van der Waals surface area contributed by atoms with Gasteiger partial charge in [0.2, 0.25) is 0 Å². The first-order valence-electron chi connectivity index (χ1n) is 6.16. The summed E-state index contributed by atoms with van der Waals surface area (Å²) in [6.07, 6.45) is 0. The minimum Gasteiger partial charge on any atom is -0.496 e.